The lowest BCUT2D eigenvalue weighted by Gasteiger charge is -2.11. The van der Waals surface area contributed by atoms with Crippen molar-refractivity contribution >= 4 is 104 Å². The van der Waals surface area contributed by atoms with Crippen LogP contribution < -0.4 is 21.3 Å². The van der Waals surface area contributed by atoms with Crippen LogP contribution in [0.1, 0.15) is 0 Å². The van der Waals surface area contributed by atoms with E-state index in [4.69, 9.17) is 24.4 Å². The van der Waals surface area contributed by atoms with Gasteiger partial charge in [0, 0.05) is 33.5 Å². The van der Waals surface area contributed by atoms with Crippen molar-refractivity contribution in [2.75, 3.05) is 33.0 Å². The summed E-state index contributed by atoms with van der Waals surface area (Å²) in [5.74, 6) is 2.22. The normalized spacial score (nSPS) is 11.0. The van der Waals surface area contributed by atoms with E-state index in [2.05, 4.69) is 87.6 Å². The summed E-state index contributed by atoms with van der Waals surface area (Å²) in [5.41, 5.74) is 3.82. The standard InChI is InChI=1S/C34H28N10S4/c45-31-39-29(37-27-13-5-9-21-7-1-3-11-25(21)27)41-33(43-31)47-19-35-23-15-17-24(18-16-23)36-20-48-34-42-30(40-32(46)44-34)38-28-14-6-10-22-8-2-4-12-26(22)28/h1-18,35-36H,19-20H2,(H2,37,39,41,43,45)(H2,38,40,42,44,46). The van der Waals surface area contributed by atoms with Gasteiger partial charge in [-0.05, 0) is 71.6 Å². The number of benzene rings is 5. The molecule has 0 saturated carbocycles. The fraction of sp³-hybridized carbons (Fsp3) is 0.0588. The summed E-state index contributed by atoms with van der Waals surface area (Å²) >= 11 is 13.7. The largest absolute Gasteiger partial charge is 0.376 e. The minimum atomic E-state index is 0.365. The molecule has 0 aliphatic rings. The Hall–Kier alpha value is -5.02. The first-order valence-electron chi connectivity index (χ1n) is 14.9. The van der Waals surface area contributed by atoms with E-state index in [0.717, 1.165) is 44.3 Å². The fourth-order valence-corrected chi connectivity index (χ4v) is 6.82. The molecule has 10 nitrogen and oxygen atoms in total. The minimum Gasteiger partial charge on any atom is -0.376 e. The van der Waals surface area contributed by atoms with Crippen molar-refractivity contribution in [2.45, 2.75) is 10.3 Å². The first kappa shape index (κ1) is 31.6. The maximum atomic E-state index is 5.37. The van der Waals surface area contributed by atoms with Crippen molar-refractivity contribution in [3.8, 4) is 0 Å². The van der Waals surface area contributed by atoms with E-state index in [9.17, 15) is 0 Å². The Kier molecular flexibility index (Phi) is 9.75. The summed E-state index contributed by atoms with van der Waals surface area (Å²) in [6.45, 7) is 0. The van der Waals surface area contributed by atoms with Crippen LogP contribution in [-0.2, 0) is 0 Å². The van der Waals surface area contributed by atoms with Gasteiger partial charge < -0.3 is 31.2 Å². The smallest absolute Gasteiger partial charge is 0.209 e. The van der Waals surface area contributed by atoms with E-state index in [1.807, 2.05) is 72.8 Å². The van der Waals surface area contributed by atoms with Gasteiger partial charge in [-0.25, -0.2) is 0 Å². The quantitative estimate of drug-likeness (QED) is 0.0411. The molecule has 2 aromatic heterocycles. The Morgan fingerprint density at radius 2 is 0.917 bits per heavy atom. The maximum Gasteiger partial charge on any atom is 0.209 e. The van der Waals surface area contributed by atoms with Crippen LogP contribution in [0.25, 0.3) is 21.5 Å². The maximum absolute atomic E-state index is 5.37. The van der Waals surface area contributed by atoms with Crippen molar-refractivity contribution in [3.63, 3.8) is 0 Å². The van der Waals surface area contributed by atoms with Crippen LogP contribution in [-0.4, -0.2) is 41.7 Å². The second-order valence-corrected chi connectivity index (χ2v) is 13.0. The summed E-state index contributed by atoms with van der Waals surface area (Å²) in [5, 5.41) is 19.1. The molecular weight excluding hydrogens is 677 g/mol. The lowest BCUT2D eigenvalue weighted by Crippen LogP contribution is -2.04. The zero-order valence-electron chi connectivity index (χ0n) is 25.2. The molecule has 0 saturated heterocycles. The van der Waals surface area contributed by atoms with E-state index < -0.39 is 0 Å². The van der Waals surface area contributed by atoms with E-state index >= 15 is 0 Å². The van der Waals surface area contributed by atoms with Gasteiger partial charge in [0.15, 0.2) is 10.3 Å². The highest BCUT2D eigenvalue weighted by atomic mass is 32.2. The van der Waals surface area contributed by atoms with Crippen LogP contribution in [0.2, 0.25) is 0 Å². The number of nitrogens with one attached hydrogen (secondary N) is 6. The molecule has 0 radical (unpaired) electrons. The second kappa shape index (κ2) is 14.8. The Balaban J connectivity index is 0.908. The third-order valence-electron chi connectivity index (χ3n) is 7.19. The fourth-order valence-electron chi connectivity index (χ4n) is 4.97. The first-order valence-corrected chi connectivity index (χ1v) is 17.6. The molecule has 5 aromatic carbocycles. The molecule has 0 aliphatic carbocycles. The number of nitrogens with zero attached hydrogens (tertiary/aromatic N) is 4. The van der Waals surface area contributed by atoms with Crippen molar-refractivity contribution in [1.29, 1.82) is 0 Å². The van der Waals surface area contributed by atoms with E-state index in [1.165, 1.54) is 23.5 Å². The highest BCUT2D eigenvalue weighted by Crippen LogP contribution is 2.27. The van der Waals surface area contributed by atoms with Gasteiger partial charge >= 0.3 is 0 Å². The van der Waals surface area contributed by atoms with Crippen LogP contribution in [0.4, 0.5) is 34.6 Å². The number of fused-ring (bicyclic) bond motifs is 2. The van der Waals surface area contributed by atoms with Crippen LogP contribution in [0.15, 0.2) is 120 Å². The van der Waals surface area contributed by atoms with E-state index in [1.54, 1.807) is 0 Å². The van der Waals surface area contributed by atoms with Crippen molar-refractivity contribution in [2.24, 2.45) is 0 Å². The van der Waals surface area contributed by atoms with Crippen LogP contribution >= 0.6 is 48.0 Å². The van der Waals surface area contributed by atoms with Gasteiger partial charge in [0.2, 0.25) is 21.4 Å². The summed E-state index contributed by atoms with van der Waals surface area (Å²) in [6, 6.07) is 36.6. The highest BCUT2D eigenvalue weighted by molar-refractivity contribution is 7.99. The first-order chi connectivity index (χ1) is 23.6. The molecule has 238 valence electrons. The number of thioether (sulfide) groups is 2. The van der Waals surface area contributed by atoms with E-state index in [0.29, 0.717) is 43.5 Å². The number of H-pyrrole nitrogens is 2. The molecule has 0 spiro atoms. The Morgan fingerprint density at radius 1 is 0.500 bits per heavy atom. The van der Waals surface area contributed by atoms with Crippen molar-refractivity contribution in [3.05, 3.63) is 119 Å². The SMILES string of the molecule is S=c1nc(SCNc2ccc(NCSc3nc(Nc4cccc5ccccc45)[nH]c(=S)n3)cc2)nc(Nc2cccc3ccccc23)[nH]1. The number of hydrogen-bond donors (Lipinski definition) is 6. The number of anilines is 6. The van der Waals surface area contributed by atoms with Gasteiger partial charge in [0.1, 0.15) is 0 Å². The van der Waals surface area contributed by atoms with Crippen LogP contribution in [0.5, 0.6) is 0 Å². The summed E-state index contributed by atoms with van der Waals surface area (Å²) in [6.07, 6.45) is 0. The summed E-state index contributed by atoms with van der Waals surface area (Å²) in [4.78, 5) is 24.1. The molecule has 0 amide bonds. The predicted octanol–water partition coefficient (Wildman–Crippen LogP) is 9.50. The average Bonchev–Trinajstić information content (AvgIpc) is 3.09. The molecule has 0 aliphatic heterocycles. The lowest BCUT2D eigenvalue weighted by molar-refractivity contribution is 0.897. The van der Waals surface area contributed by atoms with Gasteiger partial charge in [-0.2, -0.15) is 19.9 Å². The Morgan fingerprint density at radius 3 is 1.38 bits per heavy atom. The van der Waals surface area contributed by atoms with Gasteiger partial charge in [-0.1, -0.05) is 96.3 Å². The van der Waals surface area contributed by atoms with Gasteiger partial charge in [0.05, 0.1) is 11.8 Å². The number of hydrogen-bond acceptors (Lipinski definition) is 12. The molecule has 7 aromatic rings. The topological polar surface area (TPSA) is 131 Å². The van der Waals surface area contributed by atoms with Crippen molar-refractivity contribution in [1.82, 2.24) is 29.9 Å². The van der Waals surface area contributed by atoms with Gasteiger partial charge in [-0.15, -0.1) is 0 Å². The number of rotatable bonds is 12. The van der Waals surface area contributed by atoms with E-state index in [-0.39, 0.29) is 0 Å². The lowest BCUT2D eigenvalue weighted by atomic mass is 10.1. The second-order valence-electron chi connectivity index (χ2n) is 10.4. The van der Waals surface area contributed by atoms with Crippen LogP contribution in [0, 0.1) is 9.54 Å². The Bertz CT molecular complexity index is 2150. The summed E-state index contributed by atoms with van der Waals surface area (Å²) in [7, 11) is 0. The van der Waals surface area contributed by atoms with Gasteiger partial charge in [-0.3, -0.25) is 0 Å². The monoisotopic (exact) mass is 704 g/mol. The number of aromatic amines is 2. The average molecular weight is 705 g/mol. The van der Waals surface area contributed by atoms with Crippen LogP contribution in [0.3, 0.4) is 0 Å². The molecule has 48 heavy (non-hydrogen) atoms. The highest BCUT2D eigenvalue weighted by Gasteiger charge is 2.08. The molecular formula is C34H28N10S4. The molecule has 0 unspecified atom stereocenters. The molecule has 6 N–H and O–H groups in total. The molecule has 0 atom stereocenters. The molecule has 2 heterocycles. The molecule has 0 bridgehead atoms. The Labute approximate surface area is 294 Å². The molecule has 7 rings (SSSR count). The predicted molar refractivity (Wildman–Crippen MR) is 204 cm³/mol. The number of aromatic nitrogens is 6. The van der Waals surface area contributed by atoms with Crippen molar-refractivity contribution < 1.29 is 0 Å². The zero-order chi connectivity index (χ0) is 32.7. The third kappa shape index (κ3) is 7.91. The summed E-state index contributed by atoms with van der Waals surface area (Å²) < 4.78 is 0.729. The van der Waals surface area contributed by atoms with Gasteiger partial charge in [0.25, 0.3) is 0 Å². The zero-order valence-corrected chi connectivity index (χ0v) is 28.5. The molecule has 14 heteroatoms. The third-order valence-corrected chi connectivity index (χ3v) is 9.03. The minimum absolute atomic E-state index is 0.365. The molecule has 0 fully saturated rings.